The first-order valence-corrected chi connectivity index (χ1v) is 8.45. The summed E-state index contributed by atoms with van der Waals surface area (Å²) in [6.45, 7) is 1.77. The Balaban J connectivity index is 1.39. The zero-order chi connectivity index (χ0) is 13.9. The van der Waals surface area contributed by atoms with E-state index in [9.17, 15) is 8.78 Å². The van der Waals surface area contributed by atoms with Crippen molar-refractivity contribution < 1.29 is 13.2 Å². The van der Waals surface area contributed by atoms with Gasteiger partial charge in [0.25, 0.3) is 5.76 Å². The molecule has 0 radical (unpaired) electrons. The molecule has 0 saturated heterocycles. The second kappa shape index (κ2) is 6.48. The highest BCUT2D eigenvalue weighted by molar-refractivity contribution is 7.98. The van der Waals surface area contributed by atoms with E-state index in [1.165, 1.54) is 25.7 Å². The third-order valence-electron chi connectivity index (χ3n) is 4.20. The van der Waals surface area contributed by atoms with Crippen LogP contribution in [-0.4, -0.2) is 12.3 Å². The molecule has 1 aromatic rings. The number of furan rings is 1. The van der Waals surface area contributed by atoms with Crippen LogP contribution in [0.5, 0.6) is 0 Å². The van der Waals surface area contributed by atoms with E-state index >= 15 is 0 Å². The second-order valence-electron chi connectivity index (χ2n) is 5.91. The van der Waals surface area contributed by atoms with E-state index in [1.807, 2.05) is 6.07 Å². The van der Waals surface area contributed by atoms with Crippen molar-refractivity contribution in [3.05, 3.63) is 23.7 Å². The average molecular weight is 301 g/mol. The summed E-state index contributed by atoms with van der Waals surface area (Å²) in [5.74, 6) is 2.13. The second-order valence-corrected chi connectivity index (χ2v) is 6.89. The molecule has 112 valence electrons. The lowest BCUT2D eigenvalue weighted by Crippen LogP contribution is -2.25. The molecule has 1 N–H and O–H groups in total. The van der Waals surface area contributed by atoms with Crippen molar-refractivity contribution in [2.24, 2.45) is 17.8 Å². The molecule has 0 atom stereocenters. The van der Waals surface area contributed by atoms with Gasteiger partial charge >= 0.3 is 0 Å². The van der Waals surface area contributed by atoms with Gasteiger partial charge in [0.05, 0.1) is 12.3 Å². The van der Waals surface area contributed by atoms with Gasteiger partial charge in [-0.15, -0.1) is 0 Å². The van der Waals surface area contributed by atoms with Crippen LogP contribution < -0.4 is 5.32 Å². The maximum atomic E-state index is 12.1. The van der Waals surface area contributed by atoms with E-state index in [4.69, 9.17) is 4.42 Å². The number of thioether (sulfide) groups is 1. The molecule has 5 heteroatoms. The Hall–Kier alpha value is -0.550. The van der Waals surface area contributed by atoms with Gasteiger partial charge in [-0.25, -0.2) is 0 Å². The fourth-order valence-electron chi connectivity index (χ4n) is 2.87. The van der Waals surface area contributed by atoms with Gasteiger partial charge in [0.15, 0.2) is 0 Å². The highest BCUT2D eigenvalue weighted by atomic mass is 32.2. The van der Waals surface area contributed by atoms with Crippen LogP contribution in [0, 0.1) is 17.8 Å². The number of nitrogens with one attached hydrogen (secondary N) is 1. The van der Waals surface area contributed by atoms with E-state index in [1.54, 1.807) is 6.07 Å². The average Bonchev–Trinajstić information content (AvgIpc) is 3.32. The third-order valence-corrected chi connectivity index (χ3v) is 4.91. The van der Waals surface area contributed by atoms with E-state index in [2.05, 4.69) is 5.32 Å². The molecule has 1 heterocycles. The molecule has 0 unspecified atom stereocenters. The van der Waals surface area contributed by atoms with Gasteiger partial charge in [-0.2, -0.15) is 8.78 Å². The summed E-state index contributed by atoms with van der Waals surface area (Å²) in [5.41, 5.74) is 0. The van der Waals surface area contributed by atoms with Gasteiger partial charge < -0.3 is 9.73 Å². The van der Waals surface area contributed by atoms with Gasteiger partial charge in [0.2, 0.25) is 0 Å². The Morgan fingerprint density at radius 3 is 2.40 bits per heavy atom. The first-order valence-electron chi connectivity index (χ1n) is 7.40. The first kappa shape index (κ1) is 14.4. The van der Waals surface area contributed by atoms with E-state index in [0.717, 1.165) is 30.1 Å². The molecule has 0 aliphatic heterocycles. The van der Waals surface area contributed by atoms with Crippen LogP contribution in [0.2, 0.25) is 0 Å². The summed E-state index contributed by atoms with van der Waals surface area (Å²) in [6.07, 6.45) is 5.61. The molecule has 2 saturated carbocycles. The maximum Gasteiger partial charge on any atom is 0.284 e. The van der Waals surface area contributed by atoms with Gasteiger partial charge in [-0.05, 0) is 62.1 Å². The molecule has 2 nitrogen and oxygen atoms in total. The van der Waals surface area contributed by atoms with Crippen LogP contribution in [0.1, 0.15) is 37.2 Å². The molecule has 0 aromatic carbocycles. The molecule has 0 spiro atoms. The summed E-state index contributed by atoms with van der Waals surface area (Å²) in [5, 5.41) is 3.47. The summed E-state index contributed by atoms with van der Waals surface area (Å²) in [7, 11) is 0. The number of hydrogen-bond donors (Lipinski definition) is 1. The van der Waals surface area contributed by atoms with Gasteiger partial charge in [0, 0.05) is 0 Å². The van der Waals surface area contributed by atoms with Crippen molar-refractivity contribution in [2.45, 2.75) is 43.7 Å². The lowest BCUT2D eigenvalue weighted by molar-refractivity contribution is 0.251. The molecule has 3 rings (SSSR count). The van der Waals surface area contributed by atoms with Crippen LogP contribution in [0.4, 0.5) is 8.78 Å². The normalized spacial score (nSPS) is 19.2. The predicted molar refractivity (Wildman–Crippen MR) is 76.7 cm³/mol. The quantitative estimate of drug-likeness (QED) is 0.737. The minimum Gasteiger partial charge on any atom is -0.464 e. The molecule has 0 amide bonds. The van der Waals surface area contributed by atoms with Crippen molar-refractivity contribution in [3.8, 4) is 0 Å². The first-order chi connectivity index (χ1) is 9.72. The highest BCUT2D eigenvalue weighted by Crippen LogP contribution is 2.48. The predicted octanol–water partition coefficient (Wildman–Crippen LogP) is 4.26. The third kappa shape index (κ3) is 4.22. The Morgan fingerprint density at radius 2 is 1.80 bits per heavy atom. The van der Waals surface area contributed by atoms with E-state index < -0.39 is 5.76 Å². The van der Waals surface area contributed by atoms with Crippen molar-refractivity contribution in [1.29, 1.82) is 0 Å². The summed E-state index contributed by atoms with van der Waals surface area (Å²) < 4.78 is 29.7. The van der Waals surface area contributed by atoms with Gasteiger partial charge in [0.1, 0.15) is 11.5 Å². The summed E-state index contributed by atoms with van der Waals surface area (Å²) in [6, 6.07) is 3.68. The molecule has 1 aromatic heterocycles. The van der Waals surface area contributed by atoms with E-state index in [0.29, 0.717) is 24.1 Å². The Morgan fingerprint density at radius 1 is 1.15 bits per heavy atom. The maximum absolute atomic E-state index is 12.1. The standard InChI is InChI=1S/C15H21F2NOS/c16-15(17)20-9-13-6-5-12(19-13)7-18-8-14(10-1-2-10)11-3-4-11/h5-6,10-11,14-15,18H,1-4,7-9H2. The zero-order valence-electron chi connectivity index (χ0n) is 11.5. The van der Waals surface area contributed by atoms with Crippen LogP contribution in [0.25, 0.3) is 0 Å². The van der Waals surface area contributed by atoms with Crippen molar-refractivity contribution in [2.75, 3.05) is 6.54 Å². The lowest BCUT2D eigenvalue weighted by Gasteiger charge is -2.15. The van der Waals surface area contributed by atoms with Gasteiger partial charge in [-0.1, -0.05) is 11.8 Å². The number of rotatable bonds is 9. The van der Waals surface area contributed by atoms with Crippen LogP contribution in [0.15, 0.2) is 16.5 Å². The van der Waals surface area contributed by atoms with Crippen molar-refractivity contribution >= 4 is 11.8 Å². The molecule has 2 aliphatic carbocycles. The molecular formula is C15H21F2NOS. The minimum absolute atomic E-state index is 0.241. The smallest absolute Gasteiger partial charge is 0.284 e. The number of halogens is 2. The van der Waals surface area contributed by atoms with Crippen molar-refractivity contribution in [1.82, 2.24) is 5.32 Å². The minimum atomic E-state index is -2.33. The summed E-state index contributed by atoms with van der Waals surface area (Å²) >= 11 is 0.603. The molecule has 20 heavy (non-hydrogen) atoms. The largest absolute Gasteiger partial charge is 0.464 e. The molecule has 2 aliphatic rings. The van der Waals surface area contributed by atoms with Crippen LogP contribution in [-0.2, 0) is 12.3 Å². The van der Waals surface area contributed by atoms with Crippen LogP contribution in [0.3, 0.4) is 0 Å². The van der Waals surface area contributed by atoms with Crippen molar-refractivity contribution in [3.63, 3.8) is 0 Å². The van der Waals surface area contributed by atoms with Gasteiger partial charge in [-0.3, -0.25) is 0 Å². The fraction of sp³-hybridized carbons (Fsp3) is 0.733. The number of hydrogen-bond acceptors (Lipinski definition) is 3. The topological polar surface area (TPSA) is 25.2 Å². The Kier molecular flexibility index (Phi) is 4.66. The molecular weight excluding hydrogens is 280 g/mol. The van der Waals surface area contributed by atoms with Crippen LogP contribution >= 0.6 is 11.8 Å². The lowest BCUT2D eigenvalue weighted by atomic mass is 9.98. The molecule has 0 bridgehead atoms. The zero-order valence-corrected chi connectivity index (χ0v) is 12.3. The van der Waals surface area contributed by atoms with E-state index in [-0.39, 0.29) is 5.75 Å². The monoisotopic (exact) mass is 301 g/mol. The SMILES string of the molecule is FC(F)SCc1ccc(CNCC(C2CC2)C2CC2)o1. The Labute approximate surface area is 122 Å². The highest BCUT2D eigenvalue weighted by Gasteiger charge is 2.40. The number of alkyl halides is 2. The molecule has 2 fully saturated rings. The summed E-state index contributed by atoms with van der Waals surface area (Å²) in [4.78, 5) is 0. The fourth-order valence-corrected chi connectivity index (χ4v) is 3.31. The Bertz CT molecular complexity index is 417.